The van der Waals surface area contributed by atoms with Crippen LogP contribution in [-0.4, -0.2) is 22.8 Å². The van der Waals surface area contributed by atoms with E-state index >= 15 is 0 Å². The van der Waals surface area contributed by atoms with E-state index in [1.807, 2.05) is 20.8 Å². The number of carbonyl (C=O) groups excluding carboxylic acids is 1. The first-order valence-corrected chi connectivity index (χ1v) is 10.7. The molecule has 0 aliphatic heterocycles. The molecule has 3 nitrogen and oxygen atoms in total. The summed E-state index contributed by atoms with van der Waals surface area (Å²) in [5.74, 6) is -0.0605. The van der Waals surface area contributed by atoms with Crippen molar-refractivity contribution in [3.63, 3.8) is 0 Å². The molecular weight excluding hydrogens is 312 g/mol. The number of rotatable bonds is 16. The zero-order valence-corrected chi connectivity index (χ0v) is 17.4. The van der Waals surface area contributed by atoms with Crippen LogP contribution in [0.25, 0.3) is 0 Å². The second-order valence-electron chi connectivity index (χ2n) is 8.46. The summed E-state index contributed by atoms with van der Waals surface area (Å²) in [6.45, 7) is 7.88. The fraction of sp³-hybridized carbons (Fsp3) is 0.955. The van der Waals surface area contributed by atoms with E-state index in [1.54, 1.807) is 0 Å². The Bertz CT molecular complexity index is 307. The smallest absolute Gasteiger partial charge is 0.306 e. The third kappa shape index (κ3) is 19.6. The van der Waals surface area contributed by atoms with Crippen LogP contribution in [0.3, 0.4) is 0 Å². The van der Waals surface area contributed by atoms with Gasteiger partial charge in [0.05, 0.1) is 6.10 Å². The molecule has 1 atom stereocenters. The highest BCUT2D eigenvalue weighted by Gasteiger charge is 2.15. The zero-order valence-electron chi connectivity index (χ0n) is 17.4. The lowest BCUT2D eigenvalue weighted by Crippen LogP contribution is -2.23. The quantitative estimate of drug-likeness (QED) is 0.251. The third-order valence-corrected chi connectivity index (χ3v) is 4.46. The number of carbonyl (C=O) groups is 1. The van der Waals surface area contributed by atoms with Crippen LogP contribution in [-0.2, 0) is 9.53 Å². The minimum Gasteiger partial charge on any atom is -0.460 e. The largest absolute Gasteiger partial charge is 0.460 e. The Hall–Kier alpha value is -0.570. The molecule has 150 valence electrons. The molecule has 0 rings (SSSR count). The Morgan fingerprint density at radius 2 is 1.24 bits per heavy atom. The van der Waals surface area contributed by atoms with E-state index in [2.05, 4.69) is 6.92 Å². The monoisotopic (exact) mass is 356 g/mol. The Balaban J connectivity index is 3.20. The molecule has 0 spiro atoms. The predicted octanol–water partition coefficient (Wildman–Crippen LogP) is 6.56. The molecule has 0 bridgehead atoms. The minimum absolute atomic E-state index is 0.0605. The lowest BCUT2D eigenvalue weighted by atomic mass is 10.0. The first-order valence-electron chi connectivity index (χ1n) is 10.7. The van der Waals surface area contributed by atoms with Crippen molar-refractivity contribution in [1.82, 2.24) is 0 Å². The molecule has 25 heavy (non-hydrogen) atoms. The van der Waals surface area contributed by atoms with E-state index in [9.17, 15) is 9.90 Å². The highest BCUT2D eigenvalue weighted by molar-refractivity contribution is 5.69. The van der Waals surface area contributed by atoms with E-state index < -0.39 is 0 Å². The lowest BCUT2D eigenvalue weighted by molar-refractivity contribution is -0.154. The predicted molar refractivity (Wildman–Crippen MR) is 107 cm³/mol. The van der Waals surface area contributed by atoms with Crippen LogP contribution in [0.5, 0.6) is 0 Å². The second-order valence-corrected chi connectivity index (χ2v) is 8.46. The summed E-state index contributed by atoms with van der Waals surface area (Å²) in [6, 6.07) is 0. The van der Waals surface area contributed by atoms with E-state index in [4.69, 9.17) is 4.74 Å². The van der Waals surface area contributed by atoms with Gasteiger partial charge in [-0.15, -0.1) is 0 Å². The zero-order chi connectivity index (χ0) is 19.0. The van der Waals surface area contributed by atoms with E-state index in [0.717, 1.165) is 32.1 Å². The van der Waals surface area contributed by atoms with Crippen molar-refractivity contribution >= 4 is 5.97 Å². The number of esters is 1. The molecule has 0 aromatic carbocycles. The normalized spacial score (nSPS) is 13.0. The molecule has 1 unspecified atom stereocenters. The summed E-state index contributed by atoms with van der Waals surface area (Å²) in [5, 5.41) is 9.66. The highest BCUT2D eigenvalue weighted by atomic mass is 16.6. The van der Waals surface area contributed by atoms with E-state index in [-0.39, 0.29) is 17.7 Å². The molecule has 0 aromatic rings. The molecule has 0 saturated carbocycles. The maximum atomic E-state index is 11.6. The van der Waals surface area contributed by atoms with Crippen LogP contribution in [0.2, 0.25) is 0 Å². The van der Waals surface area contributed by atoms with Crippen LogP contribution in [0.15, 0.2) is 0 Å². The van der Waals surface area contributed by atoms with Crippen molar-refractivity contribution in [1.29, 1.82) is 0 Å². The first-order chi connectivity index (χ1) is 11.8. The van der Waals surface area contributed by atoms with Crippen molar-refractivity contribution in [2.45, 2.75) is 136 Å². The van der Waals surface area contributed by atoms with Crippen molar-refractivity contribution in [2.24, 2.45) is 0 Å². The summed E-state index contributed by atoms with van der Waals surface area (Å²) in [4.78, 5) is 11.6. The maximum Gasteiger partial charge on any atom is 0.306 e. The van der Waals surface area contributed by atoms with Gasteiger partial charge in [0.15, 0.2) is 0 Å². The standard InChI is InChI=1S/C22H44O3/c1-5-17-20(23)18-15-13-11-9-7-6-8-10-12-14-16-19-21(24)25-22(2,3)4/h20,23H,5-19H2,1-4H3. The van der Waals surface area contributed by atoms with Gasteiger partial charge in [0, 0.05) is 6.42 Å². The molecule has 0 aliphatic carbocycles. The summed E-state index contributed by atoms with van der Waals surface area (Å²) >= 11 is 0. The molecule has 1 N–H and O–H groups in total. The van der Waals surface area contributed by atoms with Gasteiger partial charge in [-0.05, 0) is 40.0 Å². The van der Waals surface area contributed by atoms with Gasteiger partial charge in [-0.25, -0.2) is 0 Å². The number of unbranched alkanes of at least 4 members (excludes halogenated alkanes) is 10. The van der Waals surface area contributed by atoms with Crippen molar-refractivity contribution in [3.8, 4) is 0 Å². The van der Waals surface area contributed by atoms with Gasteiger partial charge in [0.1, 0.15) is 5.60 Å². The van der Waals surface area contributed by atoms with Crippen LogP contribution >= 0.6 is 0 Å². The molecule has 0 heterocycles. The Labute approximate surface area is 156 Å². The fourth-order valence-electron chi connectivity index (χ4n) is 3.11. The SMILES string of the molecule is CCCC(O)CCCCCCCCCCCCCC(=O)OC(C)(C)C. The van der Waals surface area contributed by atoms with Gasteiger partial charge < -0.3 is 9.84 Å². The molecule has 0 fully saturated rings. The number of aliphatic hydroxyl groups excluding tert-OH is 1. The van der Waals surface area contributed by atoms with Crippen LogP contribution in [0, 0.1) is 0 Å². The number of hydrogen-bond donors (Lipinski definition) is 1. The van der Waals surface area contributed by atoms with E-state index in [0.29, 0.717) is 6.42 Å². The molecular formula is C22H44O3. The Morgan fingerprint density at radius 1 is 0.800 bits per heavy atom. The first kappa shape index (κ1) is 24.4. The topological polar surface area (TPSA) is 46.5 Å². The molecule has 3 heteroatoms. The van der Waals surface area contributed by atoms with Gasteiger partial charge in [-0.3, -0.25) is 4.79 Å². The molecule has 0 aromatic heterocycles. The van der Waals surface area contributed by atoms with Gasteiger partial charge in [0.2, 0.25) is 0 Å². The summed E-state index contributed by atoms with van der Waals surface area (Å²) in [7, 11) is 0. The Morgan fingerprint density at radius 3 is 1.68 bits per heavy atom. The number of ether oxygens (including phenoxy) is 1. The second kappa shape index (κ2) is 15.7. The van der Waals surface area contributed by atoms with Crippen LogP contribution in [0.1, 0.15) is 124 Å². The van der Waals surface area contributed by atoms with Crippen molar-refractivity contribution < 1.29 is 14.6 Å². The van der Waals surface area contributed by atoms with E-state index in [1.165, 1.54) is 57.8 Å². The van der Waals surface area contributed by atoms with Crippen molar-refractivity contribution in [2.75, 3.05) is 0 Å². The van der Waals surface area contributed by atoms with Gasteiger partial charge in [-0.2, -0.15) is 0 Å². The lowest BCUT2D eigenvalue weighted by Gasteiger charge is -2.19. The summed E-state index contributed by atoms with van der Waals surface area (Å²) in [5.41, 5.74) is -0.355. The van der Waals surface area contributed by atoms with Crippen molar-refractivity contribution in [3.05, 3.63) is 0 Å². The van der Waals surface area contributed by atoms with Crippen LogP contribution in [0.4, 0.5) is 0 Å². The maximum absolute atomic E-state index is 11.6. The fourth-order valence-corrected chi connectivity index (χ4v) is 3.11. The Kier molecular flexibility index (Phi) is 15.3. The average molecular weight is 357 g/mol. The molecule has 0 radical (unpaired) electrons. The number of aliphatic hydroxyl groups is 1. The summed E-state index contributed by atoms with van der Waals surface area (Å²) < 4.78 is 5.31. The average Bonchev–Trinajstić information content (AvgIpc) is 2.50. The highest BCUT2D eigenvalue weighted by Crippen LogP contribution is 2.15. The van der Waals surface area contributed by atoms with Gasteiger partial charge in [0.25, 0.3) is 0 Å². The third-order valence-electron chi connectivity index (χ3n) is 4.46. The van der Waals surface area contributed by atoms with Gasteiger partial charge in [-0.1, -0.05) is 77.6 Å². The minimum atomic E-state index is -0.355. The van der Waals surface area contributed by atoms with Gasteiger partial charge >= 0.3 is 5.97 Å². The number of hydrogen-bond acceptors (Lipinski definition) is 3. The molecule has 0 aliphatic rings. The molecule has 0 saturated heterocycles. The summed E-state index contributed by atoms with van der Waals surface area (Å²) in [6.07, 6.45) is 17.2. The molecule has 0 amide bonds. The van der Waals surface area contributed by atoms with Crippen LogP contribution < -0.4 is 0 Å².